The maximum Gasteiger partial charge on any atom is 0.255 e. The maximum absolute atomic E-state index is 12.7. The molecular formula is C21H29N3O5S2. The van der Waals surface area contributed by atoms with Crippen LogP contribution in [0.5, 0.6) is 0 Å². The lowest BCUT2D eigenvalue weighted by Gasteiger charge is -2.21. The van der Waals surface area contributed by atoms with Crippen LogP contribution in [0.3, 0.4) is 0 Å². The molecule has 0 aromatic heterocycles. The van der Waals surface area contributed by atoms with Crippen molar-refractivity contribution in [1.29, 1.82) is 0 Å². The van der Waals surface area contributed by atoms with Crippen LogP contribution in [0.4, 0.5) is 5.69 Å². The van der Waals surface area contributed by atoms with E-state index >= 15 is 0 Å². The van der Waals surface area contributed by atoms with Gasteiger partial charge < -0.3 is 5.32 Å². The van der Waals surface area contributed by atoms with Crippen molar-refractivity contribution >= 4 is 31.6 Å². The molecule has 0 radical (unpaired) electrons. The van der Waals surface area contributed by atoms with Gasteiger partial charge in [0.25, 0.3) is 5.91 Å². The molecule has 0 aliphatic heterocycles. The molecule has 0 aliphatic rings. The van der Waals surface area contributed by atoms with E-state index in [1.54, 1.807) is 27.7 Å². The van der Waals surface area contributed by atoms with E-state index in [1.165, 1.54) is 64.2 Å². The monoisotopic (exact) mass is 467 g/mol. The fourth-order valence-electron chi connectivity index (χ4n) is 2.87. The number of rotatable bonds is 9. The third-order valence-corrected chi connectivity index (χ3v) is 9.05. The summed E-state index contributed by atoms with van der Waals surface area (Å²) in [5, 5.41) is 2.67. The van der Waals surface area contributed by atoms with Crippen molar-refractivity contribution in [3.63, 3.8) is 0 Å². The molecule has 1 amide bonds. The van der Waals surface area contributed by atoms with Crippen LogP contribution < -0.4 is 5.32 Å². The second kappa shape index (κ2) is 9.90. The highest BCUT2D eigenvalue weighted by molar-refractivity contribution is 7.89. The molecule has 1 N–H and O–H groups in total. The van der Waals surface area contributed by atoms with Crippen LogP contribution in [0, 0.1) is 0 Å². The molecule has 2 aromatic rings. The van der Waals surface area contributed by atoms with Crippen LogP contribution in [0.1, 0.15) is 38.1 Å². The van der Waals surface area contributed by atoms with E-state index in [0.29, 0.717) is 18.8 Å². The van der Waals surface area contributed by atoms with E-state index in [0.717, 1.165) is 0 Å². The fraction of sp³-hybridized carbons (Fsp3) is 0.381. The Morgan fingerprint density at radius 3 is 2.00 bits per heavy atom. The van der Waals surface area contributed by atoms with Gasteiger partial charge in [0, 0.05) is 37.4 Å². The van der Waals surface area contributed by atoms with Crippen molar-refractivity contribution in [3.05, 3.63) is 54.1 Å². The Kier molecular flexibility index (Phi) is 7.98. The number of nitrogens with zero attached hydrogens (tertiary/aromatic N) is 2. The summed E-state index contributed by atoms with van der Waals surface area (Å²) >= 11 is 0. The summed E-state index contributed by atoms with van der Waals surface area (Å²) in [5.41, 5.74) is 0.578. The number of hydrogen-bond donors (Lipinski definition) is 1. The molecule has 2 rings (SSSR count). The number of carbonyl (C=O) groups excluding carboxylic acids is 1. The normalized spacial score (nSPS) is 12.5. The third kappa shape index (κ3) is 5.51. The Labute approximate surface area is 185 Å². The molecule has 0 saturated carbocycles. The molecule has 0 aliphatic carbocycles. The minimum absolute atomic E-state index is 0.0250. The largest absolute Gasteiger partial charge is 0.322 e. The van der Waals surface area contributed by atoms with Gasteiger partial charge in [-0.3, -0.25) is 4.79 Å². The predicted octanol–water partition coefficient (Wildman–Crippen LogP) is 3.00. The second-order valence-electron chi connectivity index (χ2n) is 7.21. The zero-order valence-corrected chi connectivity index (χ0v) is 20.0. The van der Waals surface area contributed by atoms with Gasteiger partial charge in [0.1, 0.15) is 0 Å². The van der Waals surface area contributed by atoms with Gasteiger partial charge in [-0.15, -0.1) is 0 Å². The van der Waals surface area contributed by atoms with Gasteiger partial charge in [0.2, 0.25) is 20.0 Å². The number of hydrogen-bond acceptors (Lipinski definition) is 5. The minimum atomic E-state index is -3.72. The number of anilines is 1. The number of benzene rings is 2. The SMILES string of the molecule is CCN(CC)S(=O)(=O)c1ccc(NC(=O)c2cccc(S(=O)(=O)N(C)C(C)C)c2)cc1. The summed E-state index contributed by atoms with van der Waals surface area (Å²) in [7, 11) is -5.82. The number of carbonyl (C=O) groups is 1. The average Bonchev–Trinajstić information content (AvgIpc) is 2.74. The highest BCUT2D eigenvalue weighted by Gasteiger charge is 2.24. The molecule has 0 atom stereocenters. The van der Waals surface area contributed by atoms with Crippen molar-refractivity contribution in [2.45, 2.75) is 43.5 Å². The summed E-state index contributed by atoms with van der Waals surface area (Å²) in [6.45, 7) is 7.79. The first kappa shape index (κ1) is 25.0. The average molecular weight is 468 g/mol. The third-order valence-electron chi connectivity index (χ3n) is 4.96. The van der Waals surface area contributed by atoms with Gasteiger partial charge in [-0.25, -0.2) is 16.8 Å². The van der Waals surface area contributed by atoms with Crippen LogP contribution in [-0.4, -0.2) is 57.5 Å². The Morgan fingerprint density at radius 1 is 0.903 bits per heavy atom. The molecule has 2 aromatic carbocycles. The van der Waals surface area contributed by atoms with E-state index in [1.807, 2.05) is 0 Å². The summed E-state index contributed by atoms with van der Waals surface area (Å²) in [5.74, 6) is -0.497. The van der Waals surface area contributed by atoms with Crippen molar-refractivity contribution < 1.29 is 21.6 Å². The van der Waals surface area contributed by atoms with Crippen LogP contribution in [0.2, 0.25) is 0 Å². The van der Waals surface area contributed by atoms with E-state index < -0.39 is 26.0 Å². The van der Waals surface area contributed by atoms with Gasteiger partial charge in [-0.2, -0.15) is 8.61 Å². The number of sulfonamides is 2. The molecular weight excluding hydrogens is 438 g/mol. The molecule has 8 nitrogen and oxygen atoms in total. The molecule has 0 bridgehead atoms. The molecule has 31 heavy (non-hydrogen) atoms. The summed E-state index contributed by atoms with van der Waals surface area (Å²) < 4.78 is 53.1. The van der Waals surface area contributed by atoms with Gasteiger partial charge >= 0.3 is 0 Å². The lowest BCUT2D eigenvalue weighted by molar-refractivity contribution is 0.102. The standard InChI is InChI=1S/C21H29N3O5S2/c1-6-24(7-2)31(28,29)19-13-11-18(12-14-19)22-21(25)17-9-8-10-20(15-17)30(26,27)23(5)16(3)4/h8-16H,6-7H2,1-5H3,(H,22,25). The van der Waals surface area contributed by atoms with Crippen LogP contribution in [-0.2, 0) is 20.0 Å². The van der Waals surface area contributed by atoms with Crippen molar-refractivity contribution in [2.24, 2.45) is 0 Å². The van der Waals surface area contributed by atoms with E-state index in [9.17, 15) is 21.6 Å². The summed E-state index contributed by atoms with van der Waals surface area (Å²) in [6, 6.07) is 11.4. The predicted molar refractivity (Wildman–Crippen MR) is 121 cm³/mol. The molecule has 10 heteroatoms. The highest BCUT2D eigenvalue weighted by atomic mass is 32.2. The topological polar surface area (TPSA) is 104 Å². The quantitative estimate of drug-likeness (QED) is 0.611. The van der Waals surface area contributed by atoms with Crippen LogP contribution in [0.25, 0.3) is 0 Å². The Morgan fingerprint density at radius 2 is 1.48 bits per heavy atom. The fourth-order valence-corrected chi connectivity index (χ4v) is 5.74. The molecule has 0 saturated heterocycles. The van der Waals surface area contributed by atoms with Crippen molar-refractivity contribution in [2.75, 3.05) is 25.5 Å². The van der Waals surface area contributed by atoms with Crippen molar-refractivity contribution in [3.8, 4) is 0 Å². The zero-order valence-electron chi connectivity index (χ0n) is 18.4. The molecule has 0 unspecified atom stereocenters. The van der Waals surface area contributed by atoms with E-state index in [2.05, 4.69) is 5.32 Å². The van der Waals surface area contributed by atoms with Gasteiger partial charge in [0.05, 0.1) is 9.79 Å². The van der Waals surface area contributed by atoms with Gasteiger partial charge in [-0.05, 0) is 56.3 Å². The molecule has 170 valence electrons. The van der Waals surface area contributed by atoms with Gasteiger partial charge in [0.15, 0.2) is 0 Å². The lowest BCUT2D eigenvalue weighted by Crippen LogP contribution is -2.33. The van der Waals surface area contributed by atoms with Gasteiger partial charge in [-0.1, -0.05) is 19.9 Å². The first-order valence-electron chi connectivity index (χ1n) is 9.94. The summed E-state index contributed by atoms with van der Waals surface area (Å²) in [4.78, 5) is 12.8. The number of amides is 1. The summed E-state index contributed by atoms with van der Waals surface area (Å²) in [6.07, 6.45) is 0. The first-order chi connectivity index (χ1) is 14.4. The highest BCUT2D eigenvalue weighted by Crippen LogP contribution is 2.21. The van der Waals surface area contributed by atoms with Crippen molar-refractivity contribution in [1.82, 2.24) is 8.61 Å². The second-order valence-corrected chi connectivity index (χ2v) is 11.1. The number of nitrogens with one attached hydrogen (secondary N) is 1. The molecule has 0 spiro atoms. The first-order valence-corrected chi connectivity index (χ1v) is 12.8. The van der Waals surface area contributed by atoms with E-state index in [4.69, 9.17) is 0 Å². The zero-order chi connectivity index (χ0) is 23.4. The minimum Gasteiger partial charge on any atom is -0.322 e. The maximum atomic E-state index is 12.7. The molecule has 0 heterocycles. The Balaban J connectivity index is 2.23. The van der Waals surface area contributed by atoms with Crippen LogP contribution >= 0.6 is 0 Å². The molecule has 0 fully saturated rings. The smallest absolute Gasteiger partial charge is 0.255 e. The van der Waals surface area contributed by atoms with Crippen LogP contribution in [0.15, 0.2) is 58.3 Å². The van der Waals surface area contributed by atoms with E-state index in [-0.39, 0.29) is 21.4 Å². The Hall–Kier alpha value is -2.27. The Bertz CT molecular complexity index is 1120. The lowest BCUT2D eigenvalue weighted by atomic mass is 10.2.